The van der Waals surface area contributed by atoms with E-state index in [2.05, 4.69) is 0 Å². The standard InChI is InChI=1S/C14H15Cl2NO4/c15-10-2-1-9(11(16)7-10)8-14(12(18)19)3-5-17(6-4-14)13(20)21/h1-2,7H,3-6,8H2,(H,18,19)(H,20,21). The molecule has 5 nitrogen and oxygen atoms in total. The van der Waals surface area contributed by atoms with Gasteiger partial charge in [0.15, 0.2) is 0 Å². The van der Waals surface area contributed by atoms with Crippen LogP contribution < -0.4 is 0 Å². The van der Waals surface area contributed by atoms with E-state index < -0.39 is 17.5 Å². The van der Waals surface area contributed by atoms with Crippen molar-refractivity contribution in [2.24, 2.45) is 5.41 Å². The minimum atomic E-state index is -1.02. The average molecular weight is 332 g/mol. The fraction of sp³-hybridized carbons (Fsp3) is 0.429. The molecular weight excluding hydrogens is 317 g/mol. The van der Waals surface area contributed by atoms with Crippen LogP contribution in [0.25, 0.3) is 0 Å². The largest absolute Gasteiger partial charge is 0.481 e. The second-order valence-corrected chi connectivity index (χ2v) is 6.11. The summed E-state index contributed by atoms with van der Waals surface area (Å²) in [7, 11) is 0. The summed E-state index contributed by atoms with van der Waals surface area (Å²) in [5.74, 6) is -0.918. The van der Waals surface area contributed by atoms with Crippen molar-refractivity contribution in [3.8, 4) is 0 Å². The minimum absolute atomic E-state index is 0.215. The summed E-state index contributed by atoms with van der Waals surface area (Å²) in [5, 5.41) is 19.5. The summed E-state index contributed by atoms with van der Waals surface area (Å²) in [6.45, 7) is 0.430. The van der Waals surface area contributed by atoms with E-state index in [-0.39, 0.29) is 32.4 Å². The number of carboxylic acids is 1. The highest BCUT2D eigenvalue weighted by molar-refractivity contribution is 6.35. The fourth-order valence-electron chi connectivity index (χ4n) is 2.62. The molecule has 1 aliphatic rings. The van der Waals surface area contributed by atoms with Crippen LogP contribution in [-0.2, 0) is 11.2 Å². The zero-order valence-electron chi connectivity index (χ0n) is 11.2. The van der Waals surface area contributed by atoms with E-state index >= 15 is 0 Å². The SMILES string of the molecule is O=C(O)N1CCC(Cc2ccc(Cl)cc2Cl)(C(=O)O)CC1. The van der Waals surface area contributed by atoms with Gasteiger partial charge in [0.2, 0.25) is 0 Å². The molecule has 1 aliphatic heterocycles. The summed E-state index contributed by atoms with van der Waals surface area (Å²) >= 11 is 12.0. The molecule has 1 heterocycles. The number of rotatable bonds is 3. The molecule has 2 N–H and O–H groups in total. The maximum absolute atomic E-state index is 11.7. The van der Waals surface area contributed by atoms with Crippen LogP contribution in [0.3, 0.4) is 0 Å². The molecule has 0 radical (unpaired) electrons. The van der Waals surface area contributed by atoms with Crippen molar-refractivity contribution >= 4 is 35.3 Å². The highest BCUT2D eigenvalue weighted by Crippen LogP contribution is 2.37. The van der Waals surface area contributed by atoms with Crippen LogP contribution in [0.5, 0.6) is 0 Å². The van der Waals surface area contributed by atoms with E-state index in [0.29, 0.717) is 15.6 Å². The van der Waals surface area contributed by atoms with Crippen LogP contribution in [0.1, 0.15) is 18.4 Å². The van der Waals surface area contributed by atoms with E-state index in [9.17, 15) is 14.7 Å². The van der Waals surface area contributed by atoms with Gasteiger partial charge in [0.1, 0.15) is 0 Å². The maximum atomic E-state index is 11.7. The van der Waals surface area contributed by atoms with Crippen molar-refractivity contribution in [3.05, 3.63) is 33.8 Å². The van der Waals surface area contributed by atoms with Gasteiger partial charge in [0.25, 0.3) is 0 Å². The van der Waals surface area contributed by atoms with E-state index in [4.69, 9.17) is 28.3 Å². The first-order valence-corrected chi connectivity index (χ1v) is 7.25. The van der Waals surface area contributed by atoms with Crippen LogP contribution in [0.15, 0.2) is 18.2 Å². The Kier molecular flexibility index (Phi) is 4.64. The molecule has 1 aromatic carbocycles. The molecule has 0 atom stereocenters. The van der Waals surface area contributed by atoms with E-state index in [1.54, 1.807) is 18.2 Å². The van der Waals surface area contributed by atoms with Gasteiger partial charge < -0.3 is 15.1 Å². The zero-order valence-corrected chi connectivity index (χ0v) is 12.7. The molecule has 1 aromatic rings. The molecule has 7 heteroatoms. The number of carboxylic acid groups (broad SMARTS) is 2. The Balaban J connectivity index is 2.20. The lowest BCUT2D eigenvalue weighted by Gasteiger charge is -2.38. The topological polar surface area (TPSA) is 77.8 Å². The molecule has 1 amide bonds. The number of hydrogen-bond acceptors (Lipinski definition) is 2. The van der Waals surface area contributed by atoms with Crippen molar-refractivity contribution in [3.63, 3.8) is 0 Å². The number of hydrogen-bond donors (Lipinski definition) is 2. The molecule has 1 saturated heterocycles. The summed E-state index contributed by atoms with van der Waals surface area (Å²) in [5.41, 5.74) is -0.268. The molecule has 0 saturated carbocycles. The number of amides is 1. The predicted octanol–water partition coefficient (Wildman–Crippen LogP) is 3.38. The zero-order chi connectivity index (χ0) is 15.6. The first-order valence-electron chi connectivity index (χ1n) is 6.49. The van der Waals surface area contributed by atoms with Gasteiger partial charge in [-0.05, 0) is 37.0 Å². The summed E-state index contributed by atoms with van der Waals surface area (Å²) < 4.78 is 0. The van der Waals surface area contributed by atoms with Crippen molar-refractivity contribution in [1.29, 1.82) is 0 Å². The molecule has 21 heavy (non-hydrogen) atoms. The third-order valence-electron chi connectivity index (χ3n) is 3.99. The van der Waals surface area contributed by atoms with Crippen LogP contribution in [-0.4, -0.2) is 40.3 Å². The lowest BCUT2D eigenvalue weighted by Crippen LogP contribution is -2.47. The highest BCUT2D eigenvalue weighted by Gasteiger charge is 2.42. The number of benzene rings is 1. The fourth-order valence-corrected chi connectivity index (χ4v) is 3.10. The van der Waals surface area contributed by atoms with Crippen LogP contribution in [0.2, 0.25) is 10.0 Å². The Hall–Kier alpha value is -1.46. The number of halogens is 2. The Morgan fingerprint density at radius 1 is 1.19 bits per heavy atom. The lowest BCUT2D eigenvalue weighted by molar-refractivity contribution is -0.151. The molecule has 2 rings (SSSR count). The van der Waals surface area contributed by atoms with Gasteiger partial charge in [0.05, 0.1) is 5.41 Å². The molecule has 0 bridgehead atoms. The van der Waals surface area contributed by atoms with Crippen molar-refractivity contribution in [2.45, 2.75) is 19.3 Å². The van der Waals surface area contributed by atoms with Crippen molar-refractivity contribution in [1.82, 2.24) is 4.90 Å². The Morgan fingerprint density at radius 3 is 2.29 bits per heavy atom. The van der Waals surface area contributed by atoms with Gasteiger partial charge in [-0.1, -0.05) is 29.3 Å². The highest BCUT2D eigenvalue weighted by atomic mass is 35.5. The van der Waals surface area contributed by atoms with Crippen LogP contribution in [0.4, 0.5) is 4.79 Å². The first-order chi connectivity index (χ1) is 9.84. The molecular formula is C14H15Cl2NO4. The molecule has 0 unspecified atom stereocenters. The van der Waals surface area contributed by atoms with E-state index in [1.807, 2.05) is 0 Å². The van der Waals surface area contributed by atoms with Crippen molar-refractivity contribution in [2.75, 3.05) is 13.1 Å². The molecule has 1 fully saturated rings. The number of likely N-dealkylation sites (tertiary alicyclic amines) is 1. The number of piperidine rings is 1. The van der Waals surface area contributed by atoms with Gasteiger partial charge in [-0.25, -0.2) is 4.79 Å². The third-order valence-corrected chi connectivity index (χ3v) is 4.58. The molecule has 0 aromatic heterocycles. The summed E-state index contributed by atoms with van der Waals surface area (Å²) in [6.07, 6.45) is -0.203. The summed E-state index contributed by atoms with van der Waals surface area (Å²) in [4.78, 5) is 23.9. The molecule has 0 spiro atoms. The quantitative estimate of drug-likeness (QED) is 0.889. The average Bonchev–Trinajstić information content (AvgIpc) is 2.42. The van der Waals surface area contributed by atoms with Gasteiger partial charge in [-0.2, -0.15) is 0 Å². The minimum Gasteiger partial charge on any atom is -0.481 e. The maximum Gasteiger partial charge on any atom is 0.407 e. The Labute approximate surface area is 132 Å². The number of aliphatic carboxylic acids is 1. The van der Waals surface area contributed by atoms with Crippen LogP contribution in [0, 0.1) is 5.41 Å². The van der Waals surface area contributed by atoms with Crippen LogP contribution >= 0.6 is 23.2 Å². The second-order valence-electron chi connectivity index (χ2n) is 5.27. The van der Waals surface area contributed by atoms with E-state index in [0.717, 1.165) is 0 Å². The lowest BCUT2D eigenvalue weighted by atomic mass is 9.74. The number of nitrogens with zero attached hydrogens (tertiary/aromatic N) is 1. The van der Waals surface area contributed by atoms with E-state index in [1.165, 1.54) is 4.90 Å². The predicted molar refractivity (Wildman–Crippen MR) is 79.1 cm³/mol. The van der Waals surface area contributed by atoms with Crippen molar-refractivity contribution < 1.29 is 19.8 Å². The smallest absolute Gasteiger partial charge is 0.407 e. The third kappa shape index (κ3) is 3.41. The summed E-state index contributed by atoms with van der Waals surface area (Å²) in [6, 6.07) is 4.98. The molecule has 114 valence electrons. The van der Waals surface area contributed by atoms with Gasteiger partial charge in [-0.15, -0.1) is 0 Å². The second kappa shape index (κ2) is 6.12. The molecule has 0 aliphatic carbocycles. The van der Waals surface area contributed by atoms with Gasteiger partial charge in [0, 0.05) is 23.1 Å². The normalized spacial score (nSPS) is 17.5. The Morgan fingerprint density at radius 2 is 1.81 bits per heavy atom. The Bertz CT molecular complexity index is 568. The van der Waals surface area contributed by atoms with Gasteiger partial charge >= 0.3 is 12.1 Å². The number of carbonyl (C=O) groups is 2. The van der Waals surface area contributed by atoms with Gasteiger partial charge in [-0.3, -0.25) is 4.79 Å². The first kappa shape index (κ1) is 15.9. The monoisotopic (exact) mass is 331 g/mol.